The highest BCUT2D eigenvalue weighted by molar-refractivity contribution is 9.10. The van der Waals surface area contributed by atoms with Crippen LogP contribution in [0.15, 0.2) is 21.4 Å². The number of halogens is 1. The number of hydrogen-bond donors (Lipinski definition) is 0. The molecule has 2 aromatic rings. The molecule has 0 aliphatic carbocycles. The Labute approximate surface area is 89.5 Å². The van der Waals surface area contributed by atoms with Crippen molar-refractivity contribution in [3.63, 3.8) is 0 Å². The first-order valence-electron chi connectivity index (χ1n) is 4.10. The molecule has 2 rings (SSSR count). The number of aromatic nitrogens is 3. The first kappa shape index (κ1) is 9.33. The summed E-state index contributed by atoms with van der Waals surface area (Å²) < 4.78 is 5.43. The Balaban J connectivity index is 2.51. The molecule has 0 radical (unpaired) electrons. The quantitative estimate of drug-likeness (QED) is 0.784. The lowest BCUT2D eigenvalue weighted by Crippen LogP contribution is -1.88. The highest BCUT2D eigenvalue weighted by Gasteiger charge is 2.08. The molecule has 0 aliphatic heterocycles. The third-order valence-corrected chi connectivity index (χ3v) is 2.04. The fourth-order valence-corrected chi connectivity index (χ4v) is 1.49. The normalized spacial score (nSPS) is 10.5. The molecular formula is C9H8BrN3O. The molecule has 0 fully saturated rings. The van der Waals surface area contributed by atoms with E-state index in [1.165, 1.54) is 0 Å². The van der Waals surface area contributed by atoms with Gasteiger partial charge in [-0.15, -0.1) is 0 Å². The highest BCUT2D eigenvalue weighted by Crippen LogP contribution is 2.18. The highest BCUT2D eigenvalue weighted by atomic mass is 79.9. The number of hydrogen-bond acceptors (Lipinski definition) is 4. The minimum absolute atomic E-state index is 0.434. The fourth-order valence-electron chi connectivity index (χ4n) is 1.26. The molecule has 0 aromatic carbocycles. The molecule has 0 aliphatic rings. The number of pyridine rings is 1. The molecule has 0 bridgehead atoms. The molecule has 2 heterocycles. The molecule has 0 N–H and O–H groups in total. The van der Waals surface area contributed by atoms with Gasteiger partial charge in [-0.05, 0) is 52.6 Å². The van der Waals surface area contributed by atoms with Crippen molar-refractivity contribution in [3.05, 3.63) is 28.1 Å². The third kappa shape index (κ3) is 1.82. The van der Waals surface area contributed by atoms with Gasteiger partial charge in [-0.1, -0.05) is 0 Å². The lowest BCUT2D eigenvalue weighted by molar-refractivity contribution is 0.425. The van der Waals surface area contributed by atoms with Crippen LogP contribution >= 0.6 is 15.9 Å². The molecule has 0 saturated carbocycles. The second-order valence-electron chi connectivity index (χ2n) is 3.04. The predicted molar refractivity (Wildman–Crippen MR) is 54.7 cm³/mol. The summed E-state index contributed by atoms with van der Waals surface area (Å²) in [5.74, 6) is 0.434. The lowest BCUT2D eigenvalue weighted by atomic mass is 10.2. The van der Waals surface area contributed by atoms with E-state index in [1.807, 2.05) is 26.0 Å². The van der Waals surface area contributed by atoms with Crippen molar-refractivity contribution in [3.8, 4) is 11.6 Å². The summed E-state index contributed by atoms with van der Waals surface area (Å²) in [7, 11) is 0. The van der Waals surface area contributed by atoms with E-state index in [0.29, 0.717) is 16.3 Å². The first-order valence-corrected chi connectivity index (χ1v) is 4.89. The lowest BCUT2D eigenvalue weighted by Gasteiger charge is -1.98. The zero-order valence-electron chi connectivity index (χ0n) is 7.78. The third-order valence-electron chi connectivity index (χ3n) is 1.72. The zero-order valence-corrected chi connectivity index (χ0v) is 9.37. The average Bonchev–Trinajstić information content (AvgIpc) is 2.50. The van der Waals surface area contributed by atoms with E-state index in [1.54, 1.807) is 0 Å². The minimum atomic E-state index is 0.434. The summed E-state index contributed by atoms with van der Waals surface area (Å²) in [6, 6.07) is 3.90. The minimum Gasteiger partial charge on any atom is -0.331 e. The van der Waals surface area contributed by atoms with Crippen molar-refractivity contribution in [2.45, 2.75) is 13.8 Å². The molecule has 0 spiro atoms. The smallest absolute Gasteiger partial charge is 0.277 e. The van der Waals surface area contributed by atoms with Crippen molar-refractivity contribution in [1.82, 2.24) is 15.1 Å². The first-order chi connectivity index (χ1) is 6.65. The second kappa shape index (κ2) is 3.49. The molecule has 0 unspecified atom stereocenters. The van der Waals surface area contributed by atoms with Gasteiger partial charge in [0.2, 0.25) is 4.73 Å². The maximum Gasteiger partial charge on any atom is 0.277 e. The van der Waals surface area contributed by atoms with Gasteiger partial charge in [0, 0.05) is 5.69 Å². The van der Waals surface area contributed by atoms with Gasteiger partial charge in [0.05, 0.1) is 0 Å². The molecule has 0 saturated heterocycles. The fraction of sp³-hybridized carbons (Fsp3) is 0.222. The Hall–Kier alpha value is -1.23. The Bertz CT molecular complexity index is 447. The molecule has 5 heteroatoms. The predicted octanol–water partition coefficient (Wildman–Crippen LogP) is 2.51. The SMILES string of the molecule is Cc1cc(C)nc(-c2nc(Br)no2)c1. The van der Waals surface area contributed by atoms with Gasteiger partial charge in [-0.25, -0.2) is 4.98 Å². The monoisotopic (exact) mass is 253 g/mol. The van der Waals surface area contributed by atoms with E-state index in [0.717, 1.165) is 11.3 Å². The van der Waals surface area contributed by atoms with Crippen LogP contribution in [0.2, 0.25) is 0 Å². The molecule has 0 atom stereocenters. The average molecular weight is 254 g/mol. The van der Waals surface area contributed by atoms with Gasteiger partial charge < -0.3 is 4.52 Å². The van der Waals surface area contributed by atoms with Crippen LogP contribution in [0.4, 0.5) is 0 Å². The van der Waals surface area contributed by atoms with Crippen LogP contribution in [0.3, 0.4) is 0 Å². The van der Waals surface area contributed by atoms with Crippen molar-refractivity contribution < 1.29 is 4.52 Å². The largest absolute Gasteiger partial charge is 0.331 e. The second-order valence-corrected chi connectivity index (χ2v) is 3.75. The van der Waals surface area contributed by atoms with E-state index >= 15 is 0 Å². The van der Waals surface area contributed by atoms with Crippen LogP contribution in [-0.4, -0.2) is 15.1 Å². The van der Waals surface area contributed by atoms with Gasteiger partial charge in [0.15, 0.2) is 0 Å². The van der Waals surface area contributed by atoms with Gasteiger partial charge in [0.25, 0.3) is 5.89 Å². The van der Waals surface area contributed by atoms with Gasteiger partial charge in [-0.2, -0.15) is 4.98 Å². The Morgan fingerprint density at radius 3 is 2.57 bits per heavy atom. The Kier molecular flexibility index (Phi) is 2.33. The van der Waals surface area contributed by atoms with Crippen molar-refractivity contribution in [2.24, 2.45) is 0 Å². The van der Waals surface area contributed by atoms with Crippen LogP contribution in [0, 0.1) is 13.8 Å². The Morgan fingerprint density at radius 2 is 2.00 bits per heavy atom. The summed E-state index contributed by atoms with van der Waals surface area (Å²) in [5, 5.41) is 3.64. The Morgan fingerprint density at radius 1 is 1.21 bits per heavy atom. The van der Waals surface area contributed by atoms with Crippen LogP contribution < -0.4 is 0 Å². The summed E-state index contributed by atoms with van der Waals surface area (Å²) in [5.41, 5.74) is 2.77. The molecule has 72 valence electrons. The maximum atomic E-state index is 4.99. The van der Waals surface area contributed by atoms with Gasteiger partial charge in [-0.3, -0.25) is 0 Å². The van der Waals surface area contributed by atoms with Gasteiger partial charge in [0.1, 0.15) is 5.69 Å². The molecule has 2 aromatic heterocycles. The van der Waals surface area contributed by atoms with Crippen LogP contribution in [0.1, 0.15) is 11.3 Å². The standard InChI is InChI=1S/C9H8BrN3O/c1-5-3-6(2)11-7(4-5)8-12-9(10)13-14-8/h3-4H,1-2H3. The summed E-state index contributed by atoms with van der Waals surface area (Å²) in [6.07, 6.45) is 0. The molecule has 14 heavy (non-hydrogen) atoms. The van der Waals surface area contributed by atoms with Crippen LogP contribution in [0.25, 0.3) is 11.6 Å². The van der Waals surface area contributed by atoms with E-state index in [2.05, 4.69) is 31.1 Å². The molecular weight excluding hydrogens is 246 g/mol. The zero-order chi connectivity index (χ0) is 10.1. The number of nitrogens with zero attached hydrogens (tertiary/aromatic N) is 3. The number of aryl methyl sites for hydroxylation is 2. The molecule has 0 amide bonds. The maximum absolute atomic E-state index is 4.99. The number of rotatable bonds is 1. The van der Waals surface area contributed by atoms with Crippen molar-refractivity contribution in [1.29, 1.82) is 0 Å². The molecule has 4 nitrogen and oxygen atoms in total. The topological polar surface area (TPSA) is 51.8 Å². The van der Waals surface area contributed by atoms with Gasteiger partial charge >= 0.3 is 0 Å². The van der Waals surface area contributed by atoms with Crippen LogP contribution in [-0.2, 0) is 0 Å². The van der Waals surface area contributed by atoms with E-state index in [-0.39, 0.29) is 0 Å². The van der Waals surface area contributed by atoms with E-state index in [9.17, 15) is 0 Å². The van der Waals surface area contributed by atoms with Crippen LogP contribution in [0.5, 0.6) is 0 Å². The van der Waals surface area contributed by atoms with E-state index in [4.69, 9.17) is 4.52 Å². The van der Waals surface area contributed by atoms with E-state index < -0.39 is 0 Å². The summed E-state index contributed by atoms with van der Waals surface area (Å²) in [4.78, 5) is 8.34. The summed E-state index contributed by atoms with van der Waals surface area (Å²) in [6.45, 7) is 3.94. The summed E-state index contributed by atoms with van der Waals surface area (Å²) >= 11 is 3.12. The van der Waals surface area contributed by atoms with Crippen molar-refractivity contribution in [2.75, 3.05) is 0 Å². The van der Waals surface area contributed by atoms with Crippen molar-refractivity contribution >= 4 is 15.9 Å².